The Bertz CT molecular complexity index is 1260. The van der Waals surface area contributed by atoms with Crippen molar-refractivity contribution in [3.05, 3.63) is 133 Å². The first kappa shape index (κ1) is 33.8. The van der Waals surface area contributed by atoms with E-state index in [9.17, 15) is 0 Å². The largest absolute Gasteiger partial charge is 4.00 e. The summed E-state index contributed by atoms with van der Waals surface area (Å²) in [6.45, 7) is 4.45. The average molecular weight is 631 g/mol. The summed E-state index contributed by atoms with van der Waals surface area (Å²) >= 11 is 0. The van der Waals surface area contributed by atoms with Gasteiger partial charge in [-0.2, -0.15) is 0 Å². The van der Waals surface area contributed by atoms with Crippen molar-refractivity contribution in [3.8, 4) is 22.3 Å². The van der Waals surface area contributed by atoms with Gasteiger partial charge in [0, 0.05) is 9.52 Å². The molecule has 6 aromatic rings. The van der Waals surface area contributed by atoms with Crippen LogP contribution in [-0.4, -0.2) is 9.52 Å². The monoisotopic (exact) mass is 628 g/mol. The van der Waals surface area contributed by atoms with E-state index in [2.05, 4.69) is 135 Å². The first-order valence-corrected chi connectivity index (χ1v) is 13.8. The van der Waals surface area contributed by atoms with Gasteiger partial charge in [-0.1, -0.05) is 134 Å². The molecule has 6 rings (SSSR count). The predicted octanol–water partition coefficient (Wildman–Crippen LogP) is 4.02. The van der Waals surface area contributed by atoms with E-state index in [-0.39, 0.29) is 51.0 Å². The van der Waals surface area contributed by atoms with Crippen LogP contribution in [0.15, 0.2) is 133 Å². The van der Waals surface area contributed by atoms with Gasteiger partial charge in [0.1, 0.15) is 0 Å². The Balaban J connectivity index is 0.000000304. The Morgan fingerprint density at radius 2 is 0.842 bits per heavy atom. The molecule has 0 aromatic heterocycles. The fourth-order valence-electron chi connectivity index (χ4n) is 4.15. The van der Waals surface area contributed by atoms with Gasteiger partial charge in [-0.25, -0.2) is 0 Å². The molecule has 6 aromatic carbocycles. The van der Waals surface area contributed by atoms with E-state index in [1.807, 2.05) is 12.1 Å². The van der Waals surface area contributed by atoms with Crippen molar-refractivity contribution in [1.82, 2.24) is 0 Å². The van der Waals surface area contributed by atoms with E-state index < -0.39 is 0 Å². The Kier molecular flexibility index (Phi) is 16.1. The molecule has 0 saturated heterocycles. The molecule has 2 radical (unpaired) electrons. The van der Waals surface area contributed by atoms with Gasteiger partial charge in [0.2, 0.25) is 0 Å². The van der Waals surface area contributed by atoms with Gasteiger partial charge >= 0.3 is 26.2 Å². The second-order valence-corrected chi connectivity index (χ2v) is 10.3. The zero-order valence-electron chi connectivity index (χ0n) is 21.9. The zero-order valence-corrected chi connectivity index (χ0v) is 26.8. The first-order valence-electron chi connectivity index (χ1n) is 12.4. The minimum absolute atomic E-state index is 0. The van der Waals surface area contributed by atoms with Crippen molar-refractivity contribution in [1.29, 1.82) is 0 Å². The zero-order chi connectivity index (χ0) is 24.3. The van der Waals surface area contributed by atoms with Crippen LogP contribution in [0, 0.1) is 0 Å². The summed E-state index contributed by atoms with van der Waals surface area (Å²) in [6.07, 6.45) is 0. The van der Waals surface area contributed by atoms with Gasteiger partial charge in [-0.3, -0.25) is 0 Å². The molecular weight excluding hydrogens is 599 g/mol. The number of hydrogen-bond donors (Lipinski definition) is 0. The van der Waals surface area contributed by atoms with Crippen molar-refractivity contribution in [2.45, 2.75) is 25.9 Å². The molecule has 0 fully saturated rings. The molecule has 0 atom stereocenters. The van der Waals surface area contributed by atoms with Gasteiger partial charge in [0.25, 0.3) is 0 Å². The van der Waals surface area contributed by atoms with Crippen LogP contribution in [0.3, 0.4) is 0 Å². The SMILES string of the molecule is CC[Si]CC.[Cl-].[Cl-].[Zr+4].c1ccc(-c2cc3ccccc3[cH-]2)cc1.c1ccc(-c2cc3ccccc3[cH-]2)cc1. The molecule has 0 aliphatic heterocycles. The third-order valence-electron chi connectivity index (χ3n) is 5.95. The standard InChI is InChI=1S/2C15H11.C4H10Si.2ClH.Zr/c2*1-2-6-12(7-3-1)15-10-13-8-4-5-9-14(13)11-15;1-3-5-4-2;;;/h2*1-11H;3-4H2,1-2H3;2*1H;/q2*-1;;;;+4/p-2. The Morgan fingerprint density at radius 3 is 1.16 bits per heavy atom. The van der Waals surface area contributed by atoms with E-state index in [1.165, 1.54) is 65.4 Å². The number of rotatable bonds is 4. The number of fused-ring (bicyclic) bond motifs is 2. The molecule has 0 nitrogen and oxygen atoms in total. The maximum atomic E-state index is 2.24. The molecule has 4 heteroatoms. The summed E-state index contributed by atoms with van der Waals surface area (Å²) in [5.74, 6) is 0. The van der Waals surface area contributed by atoms with Crippen LogP contribution in [0.4, 0.5) is 0 Å². The summed E-state index contributed by atoms with van der Waals surface area (Å²) < 4.78 is 0. The Labute approximate surface area is 262 Å². The molecule has 38 heavy (non-hydrogen) atoms. The smallest absolute Gasteiger partial charge is 1.00 e. The van der Waals surface area contributed by atoms with E-state index in [0.29, 0.717) is 0 Å². The summed E-state index contributed by atoms with van der Waals surface area (Å²) in [5, 5.41) is 5.26. The molecule has 0 aliphatic carbocycles. The fourth-order valence-corrected chi connectivity index (χ4v) is 4.65. The van der Waals surface area contributed by atoms with Crippen molar-refractivity contribution >= 4 is 31.1 Å². The molecule has 0 spiro atoms. The molecule has 0 N–H and O–H groups in total. The van der Waals surface area contributed by atoms with E-state index in [1.54, 1.807) is 0 Å². The second-order valence-electron chi connectivity index (χ2n) is 8.44. The van der Waals surface area contributed by atoms with Gasteiger partial charge in [0.05, 0.1) is 0 Å². The molecule has 190 valence electrons. The van der Waals surface area contributed by atoms with E-state index in [4.69, 9.17) is 0 Å². The summed E-state index contributed by atoms with van der Waals surface area (Å²) in [6, 6.07) is 49.6. The maximum absolute atomic E-state index is 2.24. The van der Waals surface area contributed by atoms with Crippen LogP contribution < -0.4 is 24.8 Å². The normalized spacial score (nSPS) is 9.53. The molecule has 0 amide bonds. The Hall–Kier alpha value is -2.22. The predicted molar refractivity (Wildman–Crippen MR) is 157 cm³/mol. The van der Waals surface area contributed by atoms with Crippen LogP contribution in [0.25, 0.3) is 43.8 Å². The van der Waals surface area contributed by atoms with Gasteiger partial charge in [-0.05, 0) is 0 Å². The van der Waals surface area contributed by atoms with Crippen LogP contribution in [0.1, 0.15) is 13.8 Å². The fraction of sp³-hybridized carbons (Fsp3) is 0.118. The molecule has 0 heterocycles. The van der Waals surface area contributed by atoms with Crippen LogP contribution >= 0.6 is 0 Å². The molecule has 0 unspecified atom stereocenters. The molecule has 0 bridgehead atoms. The first-order chi connectivity index (χ1) is 17.3. The minimum Gasteiger partial charge on any atom is -1.00 e. The van der Waals surface area contributed by atoms with Crippen molar-refractivity contribution in [3.63, 3.8) is 0 Å². The quantitative estimate of drug-likeness (QED) is 0.204. The summed E-state index contributed by atoms with van der Waals surface area (Å²) in [5.41, 5.74) is 5.18. The second kappa shape index (κ2) is 18.1. The van der Waals surface area contributed by atoms with Crippen molar-refractivity contribution in [2.24, 2.45) is 0 Å². The molecule has 0 aliphatic rings. The van der Waals surface area contributed by atoms with Crippen molar-refractivity contribution < 1.29 is 51.0 Å². The van der Waals surface area contributed by atoms with Crippen LogP contribution in [-0.2, 0) is 26.2 Å². The van der Waals surface area contributed by atoms with Crippen LogP contribution in [0.2, 0.25) is 12.1 Å². The molecular formula is C34H32Cl2SiZr. The van der Waals surface area contributed by atoms with Crippen LogP contribution in [0.5, 0.6) is 0 Å². The average Bonchev–Trinajstić information content (AvgIpc) is 3.56. The maximum Gasteiger partial charge on any atom is 4.00 e. The number of halogens is 2. The van der Waals surface area contributed by atoms with Gasteiger partial charge < -0.3 is 24.8 Å². The molecule has 0 saturated carbocycles. The Morgan fingerprint density at radius 1 is 0.500 bits per heavy atom. The third kappa shape index (κ3) is 9.51. The summed E-state index contributed by atoms with van der Waals surface area (Å²) in [7, 11) is 1.20. The van der Waals surface area contributed by atoms with Gasteiger partial charge in [0.15, 0.2) is 0 Å². The minimum atomic E-state index is 0. The number of benzene rings is 4. The topological polar surface area (TPSA) is 0 Å². The number of hydrogen-bond acceptors (Lipinski definition) is 0. The van der Waals surface area contributed by atoms with Crippen molar-refractivity contribution in [2.75, 3.05) is 0 Å². The summed E-state index contributed by atoms with van der Waals surface area (Å²) in [4.78, 5) is 0. The van der Waals surface area contributed by atoms with Gasteiger partial charge in [-0.15, -0.1) is 69.1 Å². The van der Waals surface area contributed by atoms with E-state index in [0.717, 1.165) is 0 Å². The third-order valence-corrected chi connectivity index (χ3v) is 6.95. The van der Waals surface area contributed by atoms with E-state index >= 15 is 0 Å².